The van der Waals surface area contributed by atoms with Gasteiger partial charge in [-0.25, -0.2) is 4.98 Å². The minimum absolute atomic E-state index is 0.0169. The lowest BCUT2D eigenvalue weighted by Gasteiger charge is -2.17. The van der Waals surface area contributed by atoms with Crippen molar-refractivity contribution >= 4 is 40.2 Å². The minimum Gasteiger partial charge on any atom is -0.376 e. The fourth-order valence-electron chi connectivity index (χ4n) is 4.67. The third-order valence-corrected chi connectivity index (χ3v) is 7.86. The lowest BCUT2D eigenvalue weighted by atomic mass is 10.1. The van der Waals surface area contributed by atoms with Gasteiger partial charge < -0.3 is 10.1 Å². The molecule has 1 N–H and O–H groups in total. The SMILES string of the molecule is O=C(NC1CCCC1)c1ccc2c(=O)n(CC3CCCO3)c(SCc3ccc(Cl)cc3)nc2c1. The maximum atomic E-state index is 13.5. The Hall–Kier alpha value is -2.35. The molecule has 0 radical (unpaired) electrons. The molecule has 2 heterocycles. The smallest absolute Gasteiger partial charge is 0.262 e. The van der Waals surface area contributed by atoms with Crippen LogP contribution in [-0.2, 0) is 17.0 Å². The molecule has 1 saturated heterocycles. The van der Waals surface area contributed by atoms with E-state index in [4.69, 9.17) is 21.3 Å². The molecule has 2 aliphatic rings. The van der Waals surface area contributed by atoms with Crippen molar-refractivity contribution in [2.24, 2.45) is 0 Å². The van der Waals surface area contributed by atoms with Gasteiger partial charge in [-0.2, -0.15) is 0 Å². The molecule has 6 nitrogen and oxygen atoms in total. The number of thioether (sulfide) groups is 1. The maximum absolute atomic E-state index is 13.5. The van der Waals surface area contributed by atoms with E-state index in [2.05, 4.69) is 5.32 Å². The molecular weight excluding hydrogens is 470 g/mol. The number of nitrogens with one attached hydrogen (secondary N) is 1. The topological polar surface area (TPSA) is 73.2 Å². The van der Waals surface area contributed by atoms with Crippen LogP contribution in [0.2, 0.25) is 5.02 Å². The highest BCUT2D eigenvalue weighted by Crippen LogP contribution is 2.25. The average Bonchev–Trinajstić information content (AvgIpc) is 3.55. The number of amides is 1. The van der Waals surface area contributed by atoms with Crippen molar-refractivity contribution in [3.63, 3.8) is 0 Å². The molecule has 2 aromatic carbocycles. The lowest BCUT2D eigenvalue weighted by molar-refractivity contribution is 0.0935. The summed E-state index contributed by atoms with van der Waals surface area (Å²) in [6, 6.07) is 13.1. The van der Waals surface area contributed by atoms with Crippen molar-refractivity contribution in [2.75, 3.05) is 6.61 Å². The van der Waals surface area contributed by atoms with Crippen molar-refractivity contribution in [1.29, 1.82) is 0 Å². The van der Waals surface area contributed by atoms with Gasteiger partial charge in [-0.1, -0.05) is 48.3 Å². The zero-order valence-electron chi connectivity index (χ0n) is 19.0. The molecule has 1 unspecified atom stereocenters. The van der Waals surface area contributed by atoms with Crippen LogP contribution in [0.4, 0.5) is 0 Å². The Kier molecular flexibility index (Phi) is 7.23. The molecule has 0 bridgehead atoms. The fourth-order valence-corrected chi connectivity index (χ4v) is 5.76. The zero-order chi connectivity index (χ0) is 23.5. The highest BCUT2D eigenvalue weighted by atomic mass is 35.5. The van der Waals surface area contributed by atoms with Gasteiger partial charge >= 0.3 is 0 Å². The molecule has 2 fully saturated rings. The Labute approximate surface area is 208 Å². The fraction of sp³-hybridized carbons (Fsp3) is 0.423. The van der Waals surface area contributed by atoms with Gasteiger partial charge in [0.1, 0.15) is 0 Å². The van der Waals surface area contributed by atoms with E-state index in [0.717, 1.165) is 50.7 Å². The van der Waals surface area contributed by atoms with Crippen molar-refractivity contribution in [3.8, 4) is 0 Å². The molecule has 1 amide bonds. The van der Waals surface area contributed by atoms with Gasteiger partial charge in [0, 0.05) is 29.0 Å². The van der Waals surface area contributed by atoms with E-state index in [0.29, 0.717) is 38.9 Å². The van der Waals surface area contributed by atoms with Crippen LogP contribution in [0.15, 0.2) is 52.4 Å². The van der Waals surface area contributed by atoms with E-state index in [1.807, 2.05) is 24.3 Å². The Balaban J connectivity index is 1.46. The first kappa shape index (κ1) is 23.4. The number of nitrogens with zero attached hydrogens (tertiary/aromatic N) is 2. The van der Waals surface area contributed by atoms with Crippen LogP contribution < -0.4 is 10.9 Å². The summed E-state index contributed by atoms with van der Waals surface area (Å²) in [5, 5.41) is 4.96. The summed E-state index contributed by atoms with van der Waals surface area (Å²) < 4.78 is 7.54. The second kappa shape index (κ2) is 10.5. The van der Waals surface area contributed by atoms with Crippen LogP contribution in [0, 0.1) is 0 Å². The standard InChI is InChI=1S/C26H28ClN3O3S/c27-19-10-7-17(8-11-19)16-34-26-29-23-14-18(24(31)28-20-4-1-2-5-20)9-12-22(23)25(32)30(26)15-21-6-3-13-33-21/h7-12,14,20-21H,1-6,13,15-16H2,(H,28,31). The third-order valence-electron chi connectivity index (χ3n) is 6.56. The quantitative estimate of drug-likeness (QED) is 0.359. The van der Waals surface area contributed by atoms with Gasteiger partial charge in [0.2, 0.25) is 0 Å². The molecule has 3 aromatic rings. The zero-order valence-corrected chi connectivity index (χ0v) is 20.5. The predicted octanol–water partition coefficient (Wildman–Crippen LogP) is 5.19. The molecule has 1 aromatic heterocycles. The predicted molar refractivity (Wildman–Crippen MR) is 136 cm³/mol. The van der Waals surface area contributed by atoms with E-state index in [1.165, 1.54) is 11.8 Å². The summed E-state index contributed by atoms with van der Waals surface area (Å²) in [6.45, 7) is 1.21. The van der Waals surface area contributed by atoms with Gasteiger partial charge in [-0.05, 0) is 61.6 Å². The molecule has 1 atom stereocenters. The summed E-state index contributed by atoms with van der Waals surface area (Å²) in [5.74, 6) is 0.553. The van der Waals surface area contributed by atoms with E-state index in [1.54, 1.807) is 22.8 Å². The first-order chi connectivity index (χ1) is 16.6. The van der Waals surface area contributed by atoms with Crippen LogP contribution in [0.25, 0.3) is 10.9 Å². The molecule has 1 aliphatic heterocycles. The Morgan fingerprint density at radius 1 is 1.12 bits per heavy atom. The molecule has 1 saturated carbocycles. The number of hydrogen-bond acceptors (Lipinski definition) is 5. The van der Waals surface area contributed by atoms with E-state index in [-0.39, 0.29) is 23.6 Å². The first-order valence-corrected chi connectivity index (χ1v) is 13.3. The third kappa shape index (κ3) is 5.32. The van der Waals surface area contributed by atoms with Crippen LogP contribution >= 0.6 is 23.4 Å². The normalized spacial score (nSPS) is 18.6. The average molecular weight is 498 g/mol. The van der Waals surface area contributed by atoms with Crippen LogP contribution in [-0.4, -0.2) is 34.2 Å². The summed E-state index contributed by atoms with van der Waals surface area (Å²) in [4.78, 5) is 31.1. The van der Waals surface area contributed by atoms with Gasteiger partial charge in [-0.15, -0.1) is 0 Å². The van der Waals surface area contributed by atoms with Crippen molar-refractivity contribution < 1.29 is 9.53 Å². The monoisotopic (exact) mass is 497 g/mol. The molecule has 0 spiro atoms. The van der Waals surface area contributed by atoms with E-state index >= 15 is 0 Å². The largest absolute Gasteiger partial charge is 0.376 e. The minimum atomic E-state index is -0.102. The highest BCUT2D eigenvalue weighted by Gasteiger charge is 2.22. The second-order valence-electron chi connectivity index (χ2n) is 9.05. The number of carbonyl (C=O) groups excluding carboxylic acids is 1. The molecule has 8 heteroatoms. The number of rotatable bonds is 7. The molecule has 34 heavy (non-hydrogen) atoms. The molecule has 5 rings (SSSR count). The second-order valence-corrected chi connectivity index (χ2v) is 10.4. The molecular formula is C26H28ClN3O3S. The van der Waals surface area contributed by atoms with Gasteiger partial charge in [0.15, 0.2) is 5.16 Å². The first-order valence-electron chi connectivity index (χ1n) is 11.9. The summed E-state index contributed by atoms with van der Waals surface area (Å²) in [5.41, 5.74) is 2.09. The van der Waals surface area contributed by atoms with Crippen LogP contribution in [0.5, 0.6) is 0 Å². The number of hydrogen-bond donors (Lipinski definition) is 1. The summed E-state index contributed by atoms with van der Waals surface area (Å²) in [7, 11) is 0. The number of benzene rings is 2. The lowest BCUT2D eigenvalue weighted by Crippen LogP contribution is -2.32. The van der Waals surface area contributed by atoms with E-state index in [9.17, 15) is 9.59 Å². The van der Waals surface area contributed by atoms with Crippen molar-refractivity contribution in [1.82, 2.24) is 14.9 Å². The number of halogens is 1. The number of fused-ring (bicyclic) bond motifs is 1. The van der Waals surface area contributed by atoms with Crippen molar-refractivity contribution in [3.05, 3.63) is 69.0 Å². The van der Waals surface area contributed by atoms with Crippen LogP contribution in [0.3, 0.4) is 0 Å². The molecule has 1 aliphatic carbocycles. The van der Waals surface area contributed by atoms with Gasteiger partial charge in [0.05, 0.1) is 23.6 Å². The Bertz CT molecular complexity index is 1230. The van der Waals surface area contributed by atoms with Gasteiger partial charge in [-0.3, -0.25) is 14.2 Å². The van der Waals surface area contributed by atoms with Crippen LogP contribution in [0.1, 0.15) is 54.4 Å². The number of aromatic nitrogens is 2. The summed E-state index contributed by atoms with van der Waals surface area (Å²) in [6.07, 6.45) is 6.32. The van der Waals surface area contributed by atoms with Crippen molar-refractivity contribution in [2.45, 2.75) is 68.1 Å². The highest BCUT2D eigenvalue weighted by molar-refractivity contribution is 7.98. The Morgan fingerprint density at radius 2 is 1.91 bits per heavy atom. The summed E-state index contributed by atoms with van der Waals surface area (Å²) >= 11 is 7.53. The van der Waals surface area contributed by atoms with E-state index < -0.39 is 0 Å². The number of ether oxygens (including phenoxy) is 1. The molecule has 178 valence electrons. The maximum Gasteiger partial charge on any atom is 0.262 e. The van der Waals surface area contributed by atoms with Gasteiger partial charge in [0.25, 0.3) is 11.5 Å². The number of carbonyl (C=O) groups is 1. The Morgan fingerprint density at radius 3 is 2.65 bits per heavy atom.